The van der Waals surface area contributed by atoms with E-state index in [1.54, 1.807) is 18.2 Å². The van der Waals surface area contributed by atoms with Crippen molar-refractivity contribution in [2.45, 2.75) is 19.4 Å². The molecule has 1 saturated heterocycles. The van der Waals surface area contributed by atoms with Crippen molar-refractivity contribution < 1.29 is 15.0 Å². The van der Waals surface area contributed by atoms with Crippen molar-refractivity contribution in [2.24, 2.45) is 5.92 Å². The minimum absolute atomic E-state index is 0.197. The number of piperidine rings is 1. The summed E-state index contributed by atoms with van der Waals surface area (Å²) in [5.74, 6) is -0.751. The van der Waals surface area contributed by atoms with Crippen molar-refractivity contribution in [3.63, 3.8) is 0 Å². The molecule has 0 unspecified atom stereocenters. The number of likely N-dealkylation sites (tertiary alicyclic amines) is 1. The summed E-state index contributed by atoms with van der Waals surface area (Å²) >= 11 is 6.05. The van der Waals surface area contributed by atoms with Gasteiger partial charge in [-0.2, -0.15) is 0 Å². The summed E-state index contributed by atoms with van der Waals surface area (Å²) < 4.78 is 0. The van der Waals surface area contributed by atoms with Crippen LogP contribution in [0.25, 0.3) is 0 Å². The first-order chi connectivity index (χ1) is 8.58. The lowest BCUT2D eigenvalue weighted by atomic mass is 9.97. The molecule has 0 bridgehead atoms. The van der Waals surface area contributed by atoms with Crippen LogP contribution in [0.4, 0.5) is 0 Å². The van der Waals surface area contributed by atoms with Gasteiger partial charge in [0, 0.05) is 17.1 Å². The van der Waals surface area contributed by atoms with Gasteiger partial charge >= 0.3 is 5.97 Å². The Bertz CT molecular complexity index is 422. The molecule has 4 nitrogen and oxygen atoms in total. The van der Waals surface area contributed by atoms with Gasteiger partial charge in [-0.1, -0.05) is 17.7 Å². The van der Waals surface area contributed by atoms with Gasteiger partial charge in [-0.25, -0.2) is 0 Å². The van der Waals surface area contributed by atoms with Crippen molar-refractivity contribution in [3.05, 3.63) is 28.8 Å². The summed E-state index contributed by atoms with van der Waals surface area (Å²) in [6, 6.07) is 5.07. The monoisotopic (exact) mass is 269 g/mol. The van der Waals surface area contributed by atoms with E-state index >= 15 is 0 Å². The van der Waals surface area contributed by atoms with Crippen molar-refractivity contribution in [2.75, 3.05) is 13.1 Å². The van der Waals surface area contributed by atoms with Gasteiger partial charge in [0.2, 0.25) is 0 Å². The maximum atomic E-state index is 10.8. The number of carboxylic acid groups (broad SMARTS) is 1. The van der Waals surface area contributed by atoms with Crippen LogP contribution < -0.4 is 0 Å². The third kappa shape index (κ3) is 2.94. The van der Waals surface area contributed by atoms with Crippen molar-refractivity contribution in [3.8, 4) is 5.75 Å². The average Bonchev–Trinajstić information content (AvgIpc) is 2.34. The largest absolute Gasteiger partial charge is 0.508 e. The fraction of sp³-hybridized carbons (Fsp3) is 0.462. The average molecular weight is 270 g/mol. The number of carboxylic acids is 1. The zero-order chi connectivity index (χ0) is 13.1. The maximum Gasteiger partial charge on any atom is 0.306 e. The SMILES string of the molecule is O=C(O)C1CCN(Cc2c(O)cccc2Cl)CC1. The molecule has 0 saturated carbocycles. The Hall–Kier alpha value is -1.26. The molecule has 1 aliphatic rings. The lowest BCUT2D eigenvalue weighted by Crippen LogP contribution is -2.35. The van der Waals surface area contributed by atoms with Gasteiger partial charge in [0.15, 0.2) is 0 Å². The number of phenolic OH excluding ortho intramolecular Hbond substituents is 1. The molecule has 0 radical (unpaired) electrons. The Morgan fingerprint density at radius 2 is 2.06 bits per heavy atom. The van der Waals surface area contributed by atoms with Gasteiger partial charge in [-0.15, -0.1) is 0 Å². The quantitative estimate of drug-likeness (QED) is 0.884. The van der Waals surface area contributed by atoms with Crippen LogP contribution in [0.1, 0.15) is 18.4 Å². The van der Waals surface area contributed by atoms with Crippen LogP contribution in [0.5, 0.6) is 5.75 Å². The van der Waals surface area contributed by atoms with E-state index in [0.717, 1.165) is 13.1 Å². The van der Waals surface area contributed by atoms with Crippen LogP contribution in [0.15, 0.2) is 18.2 Å². The van der Waals surface area contributed by atoms with Gasteiger partial charge in [0.05, 0.1) is 5.92 Å². The van der Waals surface area contributed by atoms with E-state index in [9.17, 15) is 9.90 Å². The summed E-state index contributed by atoms with van der Waals surface area (Å²) in [5.41, 5.74) is 0.716. The molecule has 1 aliphatic heterocycles. The van der Waals surface area contributed by atoms with Crippen LogP contribution >= 0.6 is 11.6 Å². The number of phenols is 1. The smallest absolute Gasteiger partial charge is 0.306 e. The molecule has 1 fully saturated rings. The molecule has 1 aromatic carbocycles. The van der Waals surface area contributed by atoms with Crippen LogP contribution in [0, 0.1) is 5.92 Å². The van der Waals surface area contributed by atoms with E-state index in [0.29, 0.717) is 30.0 Å². The molecule has 0 atom stereocenters. The molecule has 98 valence electrons. The molecule has 0 aliphatic carbocycles. The van der Waals surface area contributed by atoms with Crippen molar-refractivity contribution in [1.82, 2.24) is 4.90 Å². The Morgan fingerprint density at radius 1 is 1.39 bits per heavy atom. The molecular weight excluding hydrogens is 254 g/mol. The number of carbonyl (C=O) groups is 1. The highest BCUT2D eigenvalue weighted by Gasteiger charge is 2.25. The first kappa shape index (κ1) is 13.2. The van der Waals surface area contributed by atoms with E-state index in [-0.39, 0.29) is 11.7 Å². The molecule has 1 aromatic rings. The Labute approximate surface area is 111 Å². The highest BCUT2D eigenvalue weighted by atomic mass is 35.5. The fourth-order valence-corrected chi connectivity index (χ4v) is 2.49. The zero-order valence-corrected chi connectivity index (χ0v) is 10.7. The number of hydrogen-bond acceptors (Lipinski definition) is 3. The van der Waals surface area contributed by atoms with E-state index in [4.69, 9.17) is 16.7 Å². The molecular formula is C13H16ClNO3. The number of hydrogen-bond donors (Lipinski definition) is 2. The van der Waals surface area contributed by atoms with Gasteiger partial charge in [-0.3, -0.25) is 9.69 Å². The molecule has 2 N–H and O–H groups in total. The summed E-state index contributed by atoms with van der Waals surface area (Å²) in [5, 5.41) is 19.2. The molecule has 1 heterocycles. The number of aliphatic carboxylic acids is 1. The number of benzene rings is 1. The molecule has 0 spiro atoms. The fourth-order valence-electron chi connectivity index (χ4n) is 2.27. The minimum atomic E-state index is -0.713. The Kier molecular flexibility index (Phi) is 4.09. The summed E-state index contributed by atoms with van der Waals surface area (Å²) in [6.07, 6.45) is 1.31. The lowest BCUT2D eigenvalue weighted by Gasteiger charge is -2.30. The third-order valence-corrected chi connectivity index (χ3v) is 3.77. The van der Waals surface area contributed by atoms with Gasteiger partial charge in [0.1, 0.15) is 5.75 Å². The number of halogens is 1. The van der Waals surface area contributed by atoms with E-state index < -0.39 is 5.97 Å². The minimum Gasteiger partial charge on any atom is -0.508 e. The first-order valence-electron chi connectivity index (χ1n) is 5.99. The van der Waals surface area contributed by atoms with Crippen LogP contribution in [-0.2, 0) is 11.3 Å². The van der Waals surface area contributed by atoms with Crippen LogP contribution in [0.2, 0.25) is 5.02 Å². The predicted molar refractivity (Wildman–Crippen MR) is 68.8 cm³/mol. The van der Waals surface area contributed by atoms with E-state index in [1.165, 1.54) is 0 Å². The van der Waals surface area contributed by atoms with Gasteiger partial charge in [0.25, 0.3) is 0 Å². The highest BCUT2D eigenvalue weighted by molar-refractivity contribution is 6.31. The topological polar surface area (TPSA) is 60.8 Å². The number of aromatic hydroxyl groups is 1. The lowest BCUT2D eigenvalue weighted by molar-refractivity contribution is -0.143. The van der Waals surface area contributed by atoms with Crippen molar-refractivity contribution >= 4 is 17.6 Å². The number of rotatable bonds is 3. The molecule has 5 heteroatoms. The van der Waals surface area contributed by atoms with E-state index in [1.807, 2.05) is 0 Å². The molecule has 2 rings (SSSR count). The second-order valence-corrected chi connectivity index (χ2v) is 5.03. The first-order valence-corrected chi connectivity index (χ1v) is 6.37. The van der Waals surface area contributed by atoms with Crippen LogP contribution in [0.3, 0.4) is 0 Å². The standard InChI is InChI=1S/C13H16ClNO3/c14-11-2-1-3-12(16)10(11)8-15-6-4-9(5-7-15)13(17)18/h1-3,9,16H,4-8H2,(H,17,18). The van der Waals surface area contributed by atoms with Crippen molar-refractivity contribution in [1.29, 1.82) is 0 Å². The Balaban J connectivity index is 1.98. The summed E-state index contributed by atoms with van der Waals surface area (Å²) in [7, 11) is 0. The molecule has 18 heavy (non-hydrogen) atoms. The number of nitrogens with zero attached hydrogens (tertiary/aromatic N) is 1. The zero-order valence-electron chi connectivity index (χ0n) is 9.97. The Morgan fingerprint density at radius 3 is 2.61 bits per heavy atom. The summed E-state index contributed by atoms with van der Waals surface area (Å²) in [6.45, 7) is 2.01. The normalized spacial score (nSPS) is 17.8. The maximum absolute atomic E-state index is 10.8. The predicted octanol–water partition coefficient (Wildman–Crippen LogP) is 2.34. The molecule has 0 aromatic heterocycles. The summed E-state index contributed by atoms with van der Waals surface area (Å²) in [4.78, 5) is 13.0. The highest BCUT2D eigenvalue weighted by Crippen LogP contribution is 2.28. The van der Waals surface area contributed by atoms with Gasteiger partial charge < -0.3 is 10.2 Å². The van der Waals surface area contributed by atoms with Crippen LogP contribution in [-0.4, -0.2) is 34.2 Å². The third-order valence-electron chi connectivity index (χ3n) is 3.41. The second-order valence-electron chi connectivity index (χ2n) is 4.63. The second kappa shape index (κ2) is 5.59. The van der Waals surface area contributed by atoms with Gasteiger partial charge in [-0.05, 0) is 38.1 Å². The molecule has 0 amide bonds. The van der Waals surface area contributed by atoms with E-state index in [2.05, 4.69) is 4.90 Å².